The molecule has 0 aliphatic heterocycles. The summed E-state index contributed by atoms with van der Waals surface area (Å²) in [6.07, 6.45) is -0.737. The Morgan fingerprint density at radius 3 is 2.15 bits per heavy atom. The fraction of sp³-hybridized carbons (Fsp3) is 0.933. The maximum absolute atomic E-state index is 11.6. The highest BCUT2D eigenvalue weighted by atomic mass is 28.4. The van der Waals surface area contributed by atoms with Crippen LogP contribution in [0.1, 0.15) is 41.5 Å². The van der Waals surface area contributed by atoms with Crippen molar-refractivity contribution in [3.63, 3.8) is 0 Å². The Hall–Kier alpha value is -0.393. The van der Waals surface area contributed by atoms with E-state index in [1.807, 2.05) is 6.92 Å². The highest BCUT2D eigenvalue weighted by Gasteiger charge is 2.38. The smallest absolute Gasteiger partial charge is 0.311 e. The molecule has 0 fully saturated rings. The van der Waals surface area contributed by atoms with Gasteiger partial charge < -0.3 is 14.3 Å². The number of rotatable bonds is 7. The summed E-state index contributed by atoms with van der Waals surface area (Å²) in [6, 6.07) is 0. The van der Waals surface area contributed by atoms with Crippen LogP contribution in [0.25, 0.3) is 0 Å². The molecule has 1 N–H and O–H groups in total. The van der Waals surface area contributed by atoms with Crippen molar-refractivity contribution in [3.8, 4) is 0 Å². The highest BCUT2D eigenvalue weighted by Crippen LogP contribution is 2.37. The monoisotopic (exact) mass is 304 g/mol. The van der Waals surface area contributed by atoms with Gasteiger partial charge in [-0.05, 0) is 32.0 Å². The third-order valence-electron chi connectivity index (χ3n) is 4.27. The summed E-state index contributed by atoms with van der Waals surface area (Å²) in [5, 5.41) is 10.4. The number of aliphatic hydroxyl groups is 1. The zero-order valence-electron chi connectivity index (χ0n) is 14.3. The lowest BCUT2D eigenvalue weighted by Crippen LogP contribution is -2.43. The van der Waals surface area contributed by atoms with Gasteiger partial charge in [-0.1, -0.05) is 27.7 Å². The van der Waals surface area contributed by atoms with Crippen LogP contribution in [-0.2, 0) is 14.0 Å². The Morgan fingerprint density at radius 1 is 1.25 bits per heavy atom. The normalized spacial score (nSPS) is 17.4. The van der Waals surface area contributed by atoms with E-state index in [2.05, 4.69) is 33.9 Å². The van der Waals surface area contributed by atoms with Crippen molar-refractivity contribution in [2.45, 2.75) is 65.8 Å². The molecule has 0 aliphatic rings. The van der Waals surface area contributed by atoms with Gasteiger partial charge in [0, 0.05) is 12.5 Å². The van der Waals surface area contributed by atoms with Crippen LogP contribution < -0.4 is 0 Å². The Labute approximate surface area is 125 Å². The maximum Gasteiger partial charge on any atom is 0.311 e. The lowest BCUT2D eigenvalue weighted by atomic mass is 9.94. The van der Waals surface area contributed by atoms with Crippen molar-refractivity contribution >= 4 is 14.3 Å². The summed E-state index contributed by atoms with van der Waals surface area (Å²) < 4.78 is 11.0. The molecule has 3 atom stereocenters. The quantitative estimate of drug-likeness (QED) is 0.579. The zero-order valence-corrected chi connectivity index (χ0v) is 15.3. The van der Waals surface area contributed by atoms with E-state index < -0.39 is 20.3 Å². The Kier molecular flexibility index (Phi) is 7.42. The lowest BCUT2D eigenvalue weighted by Gasteiger charge is -2.37. The third kappa shape index (κ3) is 5.54. The molecule has 0 bridgehead atoms. The summed E-state index contributed by atoms with van der Waals surface area (Å²) >= 11 is 0. The summed E-state index contributed by atoms with van der Waals surface area (Å²) in [5.41, 5.74) is 0. The minimum atomic E-state index is -1.82. The molecule has 0 unspecified atom stereocenters. The topological polar surface area (TPSA) is 55.8 Å². The number of ether oxygens (including phenoxy) is 1. The maximum atomic E-state index is 11.6. The summed E-state index contributed by atoms with van der Waals surface area (Å²) in [7, 11) is -1.82. The van der Waals surface area contributed by atoms with Gasteiger partial charge in [0.2, 0.25) is 0 Å². The molecule has 0 aromatic carbocycles. The van der Waals surface area contributed by atoms with E-state index in [1.165, 1.54) is 0 Å². The minimum Gasteiger partial charge on any atom is -0.466 e. The summed E-state index contributed by atoms with van der Waals surface area (Å²) in [4.78, 5) is 11.6. The van der Waals surface area contributed by atoms with Gasteiger partial charge in [-0.3, -0.25) is 4.79 Å². The predicted octanol–water partition coefficient (Wildman–Crippen LogP) is 3.20. The molecule has 4 nitrogen and oxygen atoms in total. The van der Waals surface area contributed by atoms with Crippen LogP contribution in [0.5, 0.6) is 0 Å². The van der Waals surface area contributed by atoms with Gasteiger partial charge in [0.05, 0.1) is 18.6 Å². The highest BCUT2D eigenvalue weighted by molar-refractivity contribution is 6.74. The van der Waals surface area contributed by atoms with Gasteiger partial charge in [-0.25, -0.2) is 0 Å². The molecule has 0 aromatic heterocycles. The number of esters is 1. The van der Waals surface area contributed by atoms with Crippen LogP contribution in [-0.4, -0.2) is 38.7 Å². The molecule has 0 spiro atoms. The van der Waals surface area contributed by atoms with E-state index in [9.17, 15) is 9.90 Å². The van der Waals surface area contributed by atoms with Crippen LogP contribution in [0.15, 0.2) is 0 Å². The molecule has 0 saturated heterocycles. The molecular formula is C15H32O4Si. The van der Waals surface area contributed by atoms with Gasteiger partial charge in [-0.15, -0.1) is 0 Å². The molecule has 0 radical (unpaired) electrons. The van der Waals surface area contributed by atoms with E-state index in [0.717, 1.165) is 0 Å². The third-order valence-corrected chi connectivity index (χ3v) is 8.77. The molecule has 0 rings (SSSR count). The first-order valence-corrected chi connectivity index (χ1v) is 10.3. The Morgan fingerprint density at radius 2 is 1.75 bits per heavy atom. The average molecular weight is 305 g/mol. The molecule has 120 valence electrons. The fourth-order valence-corrected chi connectivity index (χ4v) is 2.67. The van der Waals surface area contributed by atoms with Crippen molar-refractivity contribution in [2.75, 3.05) is 13.2 Å². The first-order valence-electron chi connectivity index (χ1n) is 7.42. The number of carbonyl (C=O) groups excluding carboxylic acids is 1. The van der Waals surface area contributed by atoms with E-state index in [0.29, 0.717) is 13.2 Å². The summed E-state index contributed by atoms with van der Waals surface area (Å²) in [6.45, 7) is 17.1. The van der Waals surface area contributed by atoms with Crippen LogP contribution in [0.3, 0.4) is 0 Å². The van der Waals surface area contributed by atoms with Crippen LogP contribution in [0.2, 0.25) is 18.1 Å². The van der Waals surface area contributed by atoms with E-state index in [4.69, 9.17) is 9.16 Å². The zero-order chi connectivity index (χ0) is 16.1. The lowest BCUT2D eigenvalue weighted by molar-refractivity contribution is -0.152. The van der Waals surface area contributed by atoms with E-state index in [1.54, 1.807) is 13.8 Å². The van der Waals surface area contributed by atoms with Gasteiger partial charge in [0.1, 0.15) is 0 Å². The summed E-state index contributed by atoms with van der Waals surface area (Å²) in [5.74, 6) is -0.962. The second-order valence-electron chi connectivity index (χ2n) is 7.08. The van der Waals surface area contributed by atoms with Crippen molar-refractivity contribution in [1.82, 2.24) is 0 Å². The first kappa shape index (κ1) is 19.6. The molecule has 5 heteroatoms. The van der Waals surface area contributed by atoms with Crippen LogP contribution in [0, 0.1) is 11.8 Å². The standard InChI is InChI=1S/C15H32O4Si/c1-9-18-14(17)12(3)13(16)11(2)10-19-20(7,8)15(4,5)6/h11-13,16H,9-10H2,1-8H3/t11-,12+,13-/m0/s1. The van der Waals surface area contributed by atoms with Crippen molar-refractivity contribution in [2.24, 2.45) is 11.8 Å². The molecule has 0 heterocycles. The number of aliphatic hydroxyl groups excluding tert-OH is 1. The van der Waals surface area contributed by atoms with Gasteiger partial charge in [-0.2, -0.15) is 0 Å². The van der Waals surface area contributed by atoms with Crippen LogP contribution >= 0.6 is 0 Å². The van der Waals surface area contributed by atoms with E-state index in [-0.39, 0.29) is 16.9 Å². The van der Waals surface area contributed by atoms with Crippen molar-refractivity contribution in [3.05, 3.63) is 0 Å². The fourth-order valence-electron chi connectivity index (χ4n) is 1.56. The SMILES string of the molecule is CCOC(=O)[C@H](C)[C@@H](O)[C@@H](C)CO[Si](C)(C)C(C)(C)C. The predicted molar refractivity (Wildman–Crippen MR) is 84.1 cm³/mol. The molecule has 0 aromatic rings. The van der Waals surface area contributed by atoms with Gasteiger partial charge in [0.15, 0.2) is 8.32 Å². The molecule has 0 amide bonds. The molecule has 0 aliphatic carbocycles. The van der Waals surface area contributed by atoms with Crippen molar-refractivity contribution in [1.29, 1.82) is 0 Å². The Balaban J connectivity index is 4.48. The molecule has 0 saturated carbocycles. The molecule has 20 heavy (non-hydrogen) atoms. The Bertz CT molecular complexity index is 309. The average Bonchev–Trinajstić information content (AvgIpc) is 2.33. The second-order valence-corrected chi connectivity index (χ2v) is 11.9. The van der Waals surface area contributed by atoms with Gasteiger partial charge in [0.25, 0.3) is 0 Å². The van der Waals surface area contributed by atoms with Crippen molar-refractivity contribution < 1.29 is 19.1 Å². The number of carbonyl (C=O) groups is 1. The number of hydrogen-bond acceptors (Lipinski definition) is 4. The van der Waals surface area contributed by atoms with Gasteiger partial charge >= 0.3 is 5.97 Å². The molecular weight excluding hydrogens is 272 g/mol. The number of hydrogen-bond donors (Lipinski definition) is 1. The largest absolute Gasteiger partial charge is 0.466 e. The minimum absolute atomic E-state index is 0.0940. The first-order chi connectivity index (χ1) is 8.94. The van der Waals surface area contributed by atoms with E-state index >= 15 is 0 Å². The van der Waals surface area contributed by atoms with Crippen LogP contribution in [0.4, 0.5) is 0 Å². The second kappa shape index (κ2) is 7.57.